The zero-order valence-corrected chi connectivity index (χ0v) is 7.36. The number of carbonyl (C=O) groups is 3. The quantitative estimate of drug-likeness (QED) is 0.303. The van der Waals surface area contributed by atoms with Crippen LogP contribution >= 0.6 is 0 Å². The summed E-state index contributed by atoms with van der Waals surface area (Å²) in [6, 6.07) is -0.566. The molecule has 74 valence electrons. The summed E-state index contributed by atoms with van der Waals surface area (Å²) in [5.41, 5.74) is 5.25. The van der Waals surface area contributed by atoms with Crippen LogP contribution in [0.1, 0.15) is 19.3 Å². The van der Waals surface area contributed by atoms with Crippen molar-refractivity contribution in [3.63, 3.8) is 0 Å². The number of amides is 1. The lowest BCUT2D eigenvalue weighted by Gasteiger charge is -2.09. The van der Waals surface area contributed by atoms with E-state index in [0.29, 0.717) is 19.3 Å². The van der Waals surface area contributed by atoms with Gasteiger partial charge < -0.3 is 15.8 Å². The van der Waals surface area contributed by atoms with Crippen molar-refractivity contribution in [3.8, 4) is 0 Å². The number of hydrogen-bond donors (Lipinski definition) is 2. The fourth-order valence-corrected chi connectivity index (χ4v) is 0.900. The Morgan fingerprint density at radius 1 is 1.38 bits per heavy atom. The molecule has 0 spiro atoms. The van der Waals surface area contributed by atoms with Gasteiger partial charge in [-0.3, -0.25) is 9.59 Å². The van der Waals surface area contributed by atoms with Gasteiger partial charge in [0.15, 0.2) is 0 Å². The number of hydrogen-bond acceptors (Lipinski definition) is 4. The molecule has 0 aromatic heterocycles. The molecule has 0 aliphatic heterocycles. The van der Waals surface area contributed by atoms with E-state index in [1.807, 2.05) is 0 Å². The molecule has 0 unspecified atom stereocenters. The maximum Gasteiger partial charge on any atom is 0.284 e. The third-order valence-corrected chi connectivity index (χ3v) is 1.57. The molecule has 5 nitrogen and oxygen atoms in total. The minimum absolute atomic E-state index is 0.152. The molecule has 0 radical (unpaired) electrons. The van der Waals surface area contributed by atoms with Crippen LogP contribution in [0.15, 0.2) is 0 Å². The Kier molecular flexibility index (Phi) is 6.72. The molecule has 5 heteroatoms. The molecule has 0 heterocycles. The molecule has 0 saturated carbocycles. The van der Waals surface area contributed by atoms with E-state index in [4.69, 9.17) is 5.73 Å². The number of nitrogens with one attached hydrogen (secondary N) is 1. The van der Waals surface area contributed by atoms with Crippen LogP contribution in [-0.2, 0) is 14.4 Å². The van der Waals surface area contributed by atoms with E-state index in [9.17, 15) is 14.4 Å². The molecule has 1 atom stereocenters. The average molecular weight is 186 g/mol. The van der Waals surface area contributed by atoms with Gasteiger partial charge in [0.2, 0.25) is 6.29 Å². The molecule has 0 saturated heterocycles. The van der Waals surface area contributed by atoms with Gasteiger partial charge in [0.1, 0.15) is 6.29 Å². The molecular formula is C8H14N2O3. The molecule has 1 amide bonds. The maximum absolute atomic E-state index is 10.6. The van der Waals surface area contributed by atoms with Gasteiger partial charge in [-0.25, -0.2) is 0 Å². The van der Waals surface area contributed by atoms with Gasteiger partial charge in [-0.1, -0.05) is 0 Å². The molecule has 0 aromatic rings. The van der Waals surface area contributed by atoms with Crippen molar-refractivity contribution in [3.05, 3.63) is 0 Å². The standard InChI is InChI=1S/C8H14N2O3/c9-4-2-1-3-7(5-11)10-8(13)6-12/h5-7H,1-4,9H2,(H,10,13)/t7-/m0/s1. The van der Waals surface area contributed by atoms with E-state index >= 15 is 0 Å². The number of rotatable bonds is 7. The van der Waals surface area contributed by atoms with Crippen LogP contribution in [0.3, 0.4) is 0 Å². The molecule has 0 fully saturated rings. The molecule has 0 rings (SSSR count). The number of nitrogens with two attached hydrogens (primary N) is 1. The first-order valence-corrected chi connectivity index (χ1v) is 4.15. The second-order valence-corrected chi connectivity index (χ2v) is 2.65. The van der Waals surface area contributed by atoms with Crippen LogP contribution in [0.2, 0.25) is 0 Å². The second kappa shape index (κ2) is 7.42. The van der Waals surface area contributed by atoms with Crippen molar-refractivity contribution in [2.45, 2.75) is 25.3 Å². The van der Waals surface area contributed by atoms with Crippen molar-refractivity contribution in [2.75, 3.05) is 6.54 Å². The molecule has 3 N–H and O–H groups in total. The lowest BCUT2D eigenvalue weighted by atomic mass is 10.1. The molecule has 0 aromatic carbocycles. The summed E-state index contributed by atoms with van der Waals surface area (Å²) >= 11 is 0. The molecule has 13 heavy (non-hydrogen) atoms. The number of carbonyl (C=O) groups excluding carboxylic acids is 3. The van der Waals surface area contributed by atoms with E-state index in [-0.39, 0.29) is 6.29 Å². The average Bonchev–Trinajstić information content (AvgIpc) is 2.16. The van der Waals surface area contributed by atoms with Gasteiger partial charge in [-0.05, 0) is 25.8 Å². The van der Waals surface area contributed by atoms with Crippen molar-refractivity contribution in [1.29, 1.82) is 0 Å². The lowest BCUT2D eigenvalue weighted by molar-refractivity contribution is -0.132. The fourth-order valence-electron chi connectivity index (χ4n) is 0.900. The minimum Gasteiger partial charge on any atom is -0.340 e. The summed E-state index contributed by atoms with van der Waals surface area (Å²) in [4.78, 5) is 30.9. The van der Waals surface area contributed by atoms with Crippen LogP contribution in [0, 0.1) is 0 Å². The third kappa shape index (κ3) is 5.98. The SMILES string of the molecule is NCCCC[C@@H](C=O)NC(=O)C=O. The topological polar surface area (TPSA) is 89.3 Å². The summed E-state index contributed by atoms with van der Waals surface area (Å²) in [6.45, 7) is 0.563. The van der Waals surface area contributed by atoms with Crippen LogP contribution < -0.4 is 11.1 Å². The molecule has 0 aliphatic rings. The highest BCUT2D eigenvalue weighted by molar-refractivity contribution is 6.24. The van der Waals surface area contributed by atoms with Crippen LogP contribution in [-0.4, -0.2) is 31.1 Å². The van der Waals surface area contributed by atoms with E-state index in [1.54, 1.807) is 0 Å². The van der Waals surface area contributed by atoms with Crippen molar-refractivity contribution < 1.29 is 14.4 Å². The van der Waals surface area contributed by atoms with Crippen molar-refractivity contribution in [1.82, 2.24) is 5.32 Å². The van der Waals surface area contributed by atoms with Crippen LogP contribution in [0.5, 0.6) is 0 Å². The Bertz CT molecular complexity index is 182. The van der Waals surface area contributed by atoms with Crippen LogP contribution in [0.4, 0.5) is 0 Å². The Morgan fingerprint density at radius 3 is 2.54 bits per heavy atom. The Hall–Kier alpha value is -1.23. The minimum atomic E-state index is -0.759. The smallest absolute Gasteiger partial charge is 0.284 e. The van der Waals surface area contributed by atoms with Gasteiger partial charge in [-0.15, -0.1) is 0 Å². The zero-order chi connectivity index (χ0) is 10.1. The largest absolute Gasteiger partial charge is 0.340 e. The van der Waals surface area contributed by atoms with Gasteiger partial charge in [-0.2, -0.15) is 0 Å². The predicted molar refractivity (Wildman–Crippen MR) is 47.0 cm³/mol. The highest BCUT2D eigenvalue weighted by Gasteiger charge is 2.09. The summed E-state index contributed by atoms with van der Waals surface area (Å²) in [7, 11) is 0. The van der Waals surface area contributed by atoms with E-state index in [2.05, 4.69) is 5.32 Å². The highest BCUT2D eigenvalue weighted by atomic mass is 16.2. The summed E-state index contributed by atoms with van der Waals surface area (Å²) in [6.07, 6.45) is 2.87. The Morgan fingerprint density at radius 2 is 2.08 bits per heavy atom. The van der Waals surface area contributed by atoms with Gasteiger partial charge in [0, 0.05) is 0 Å². The van der Waals surface area contributed by atoms with Gasteiger partial charge in [0.05, 0.1) is 6.04 Å². The molecule has 0 bridgehead atoms. The summed E-state index contributed by atoms with van der Waals surface area (Å²) in [5, 5.41) is 2.26. The summed E-state index contributed by atoms with van der Waals surface area (Å²) in [5.74, 6) is -0.759. The third-order valence-electron chi connectivity index (χ3n) is 1.57. The summed E-state index contributed by atoms with van der Waals surface area (Å²) < 4.78 is 0. The van der Waals surface area contributed by atoms with E-state index < -0.39 is 11.9 Å². The molecular weight excluding hydrogens is 172 g/mol. The first kappa shape index (κ1) is 11.8. The first-order chi connectivity index (χ1) is 6.24. The first-order valence-electron chi connectivity index (χ1n) is 4.15. The zero-order valence-electron chi connectivity index (χ0n) is 7.36. The number of unbranched alkanes of at least 4 members (excludes halogenated alkanes) is 1. The fraction of sp³-hybridized carbons (Fsp3) is 0.625. The van der Waals surface area contributed by atoms with Gasteiger partial charge >= 0.3 is 0 Å². The predicted octanol–water partition coefficient (Wildman–Crippen LogP) is -1.00. The lowest BCUT2D eigenvalue weighted by Crippen LogP contribution is -2.36. The van der Waals surface area contributed by atoms with Crippen molar-refractivity contribution in [2.24, 2.45) is 5.73 Å². The van der Waals surface area contributed by atoms with Crippen molar-refractivity contribution >= 4 is 18.5 Å². The van der Waals surface area contributed by atoms with E-state index in [1.165, 1.54) is 0 Å². The second-order valence-electron chi connectivity index (χ2n) is 2.65. The highest BCUT2D eigenvalue weighted by Crippen LogP contribution is 1.97. The van der Waals surface area contributed by atoms with E-state index in [0.717, 1.165) is 12.8 Å². The maximum atomic E-state index is 10.6. The van der Waals surface area contributed by atoms with Gasteiger partial charge in [0.25, 0.3) is 5.91 Å². The number of aldehydes is 2. The molecule has 0 aliphatic carbocycles. The van der Waals surface area contributed by atoms with Crippen LogP contribution in [0.25, 0.3) is 0 Å². The Balaban J connectivity index is 3.68. The monoisotopic (exact) mass is 186 g/mol. The normalized spacial score (nSPS) is 11.8. The Labute approximate surface area is 76.7 Å².